The van der Waals surface area contributed by atoms with E-state index in [1.54, 1.807) is 0 Å². The third kappa shape index (κ3) is 3.77. The highest BCUT2D eigenvalue weighted by Gasteiger charge is 2.25. The number of nitrogens with zero attached hydrogens (tertiary/aromatic N) is 2. The van der Waals surface area contributed by atoms with E-state index in [1.807, 2.05) is 17.5 Å². The van der Waals surface area contributed by atoms with Crippen molar-refractivity contribution in [2.24, 2.45) is 11.7 Å². The molecule has 0 saturated carbocycles. The topological polar surface area (TPSA) is 42.1 Å². The van der Waals surface area contributed by atoms with Gasteiger partial charge >= 0.3 is 0 Å². The predicted octanol–water partition coefficient (Wildman–Crippen LogP) is 2.31. The van der Waals surface area contributed by atoms with Crippen LogP contribution in [-0.2, 0) is 12.8 Å². The second kappa shape index (κ2) is 6.13. The summed E-state index contributed by atoms with van der Waals surface area (Å²) in [4.78, 5) is 8.45. The molecule has 1 aromatic rings. The number of aromatic nitrogens is 1. The Balaban J connectivity index is 1.85. The molecule has 0 amide bonds. The fraction of sp³-hybridized carbons (Fsp3) is 0.786. The largest absolute Gasteiger partial charge is 0.328 e. The quantitative estimate of drug-likeness (QED) is 0.890. The first-order valence-corrected chi connectivity index (χ1v) is 7.79. The van der Waals surface area contributed by atoms with Crippen molar-refractivity contribution in [2.45, 2.75) is 52.1 Å². The molecule has 2 N–H and O–H groups in total. The van der Waals surface area contributed by atoms with Gasteiger partial charge in [-0.2, -0.15) is 0 Å². The third-order valence-electron chi connectivity index (χ3n) is 3.64. The van der Waals surface area contributed by atoms with Gasteiger partial charge in [0, 0.05) is 36.1 Å². The highest BCUT2D eigenvalue weighted by atomic mass is 32.1. The summed E-state index contributed by atoms with van der Waals surface area (Å²) in [7, 11) is 0. The summed E-state index contributed by atoms with van der Waals surface area (Å²) in [6, 6.07) is 0.918. The van der Waals surface area contributed by atoms with Crippen molar-refractivity contribution in [2.75, 3.05) is 13.1 Å². The predicted molar refractivity (Wildman–Crippen MR) is 78.0 cm³/mol. The lowest BCUT2D eigenvalue weighted by Gasteiger charge is -2.19. The molecule has 2 unspecified atom stereocenters. The smallest absolute Gasteiger partial charge is 0.0930 e. The molecular formula is C14H25N3S. The zero-order chi connectivity index (χ0) is 13.1. The van der Waals surface area contributed by atoms with Gasteiger partial charge in [-0.15, -0.1) is 11.3 Å². The van der Waals surface area contributed by atoms with Crippen LogP contribution in [0.15, 0.2) is 6.20 Å². The molecule has 1 aliphatic rings. The van der Waals surface area contributed by atoms with Crippen LogP contribution in [0.3, 0.4) is 0 Å². The average molecular weight is 267 g/mol. The molecule has 0 radical (unpaired) electrons. The van der Waals surface area contributed by atoms with Gasteiger partial charge in [-0.1, -0.05) is 0 Å². The minimum absolute atomic E-state index is 0.237. The third-order valence-corrected chi connectivity index (χ3v) is 4.68. The Kier molecular flexibility index (Phi) is 4.76. The van der Waals surface area contributed by atoms with Crippen molar-refractivity contribution in [1.82, 2.24) is 9.88 Å². The maximum absolute atomic E-state index is 5.82. The molecule has 4 heteroatoms. The van der Waals surface area contributed by atoms with Crippen molar-refractivity contribution in [3.8, 4) is 0 Å². The Hall–Kier alpha value is -0.450. The van der Waals surface area contributed by atoms with Crippen LogP contribution in [0.25, 0.3) is 0 Å². The van der Waals surface area contributed by atoms with Crippen LogP contribution in [0.5, 0.6) is 0 Å². The molecule has 102 valence electrons. The van der Waals surface area contributed by atoms with Crippen LogP contribution in [0.1, 0.15) is 37.1 Å². The van der Waals surface area contributed by atoms with Crippen LogP contribution >= 0.6 is 11.3 Å². The van der Waals surface area contributed by atoms with Crippen molar-refractivity contribution >= 4 is 11.3 Å². The molecule has 0 aliphatic carbocycles. The number of thiazole rings is 1. The van der Waals surface area contributed by atoms with Crippen LogP contribution in [-0.4, -0.2) is 35.1 Å². The molecule has 0 bridgehead atoms. The zero-order valence-corrected chi connectivity index (χ0v) is 12.5. The standard InChI is InChI=1S/C14H25N3S/c1-10(2)17-5-4-12(9-17)7-14-16-8-13(18-14)6-11(3)15/h8,10-12H,4-7,9,15H2,1-3H3. The number of hydrogen-bond acceptors (Lipinski definition) is 4. The van der Waals surface area contributed by atoms with Gasteiger partial charge in [0.15, 0.2) is 0 Å². The molecule has 1 saturated heterocycles. The molecule has 1 fully saturated rings. The Morgan fingerprint density at radius 3 is 2.89 bits per heavy atom. The van der Waals surface area contributed by atoms with Gasteiger partial charge < -0.3 is 10.6 Å². The lowest BCUT2D eigenvalue weighted by molar-refractivity contribution is 0.265. The van der Waals surface area contributed by atoms with Crippen molar-refractivity contribution in [3.63, 3.8) is 0 Å². The molecule has 1 aliphatic heterocycles. The maximum atomic E-state index is 5.82. The minimum Gasteiger partial charge on any atom is -0.328 e. The van der Waals surface area contributed by atoms with E-state index in [1.165, 1.54) is 29.4 Å². The summed E-state index contributed by atoms with van der Waals surface area (Å²) >= 11 is 1.85. The highest BCUT2D eigenvalue weighted by molar-refractivity contribution is 7.11. The first-order valence-electron chi connectivity index (χ1n) is 6.97. The van der Waals surface area contributed by atoms with E-state index >= 15 is 0 Å². The van der Waals surface area contributed by atoms with Crippen LogP contribution in [0, 0.1) is 5.92 Å². The number of hydrogen-bond donors (Lipinski definition) is 1. The molecule has 1 aromatic heterocycles. The fourth-order valence-electron chi connectivity index (χ4n) is 2.60. The second-order valence-electron chi connectivity index (χ2n) is 5.85. The summed E-state index contributed by atoms with van der Waals surface area (Å²) in [6.45, 7) is 9.11. The number of nitrogens with two attached hydrogens (primary N) is 1. The van der Waals surface area contributed by atoms with Crippen molar-refractivity contribution in [1.29, 1.82) is 0 Å². The second-order valence-corrected chi connectivity index (χ2v) is 7.05. The van der Waals surface area contributed by atoms with Gasteiger partial charge in [-0.3, -0.25) is 0 Å². The normalized spacial score (nSPS) is 22.8. The van der Waals surface area contributed by atoms with Crippen molar-refractivity contribution in [3.05, 3.63) is 16.1 Å². The highest BCUT2D eigenvalue weighted by Crippen LogP contribution is 2.24. The first-order chi connectivity index (χ1) is 8.54. The van der Waals surface area contributed by atoms with Crippen LogP contribution in [0.4, 0.5) is 0 Å². The Morgan fingerprint density at radius 1 is 1.50 bits per heavy atom. The van der Waals surface area contributed by atoms with Gasteiger partial charge in [-0.05, 0) is 46.1 Å². The van der Waals surface area contributed by atoms with E-state index in [4.69, 9.17) is 5.73 Å². The average Bonchev–Trinajstić information content (AvgIpc) is 2.88. The summed E-state index contributed by atoms with van der Waals surface area (Å²) in [5, 5.41) is 1.29. The van der Waals surface area contributed by atoms with Gasteiger partial charge in [0.05, 0.1) is 5.01 Å². The van der Waals surface area contributed by atoms with E-state index in [2.05, 4.69) is 30.7 Å². The summed E-state index contributed by atoms with van der Waals surface area (Å²) in [5.74, 6) is 0.793. The number of likely N-dealkylation sites (tertiary alicyclic amines) is 1. The molecule has 2 heterocycles. The van der Waals surface area contributed by atoms with Gasteiger partial charge in [0.25, 0.3) is 0 Å². The Bertz CT molecular complexity index is 373. The summed E-state index contributed by atoms with van der Waals surface area (Å²) in [5.41, 5.74) is 5.82. The van der Waals surface area contributed by atoms with E-state index in [9.17, 15) is 0 Å². The molecule has 3 nitrogen and oxygen atoms in total. The fourth-order valence-corrected chi connectivity index (χ4v) is 3.78. The minimum atomic E-state index is 0.237. The zero-order valence-electron chi connectivity index (χ0n) is 11.7. The van der Waals surface area contributed by atoms with Crippen LogP contribution in [0.2, 0.25) is 0 Å². The van der Waals surface area contributed by atoms with Gasteiger partial charge in [-0.25, -0.2) is 4.98 Å². The molecule has 0 aromatic carbocycles. The van der Waals surface area contributed by atoms with E-state index in [-0.39, 0.29) is 6.04 Å². The lowest BCUT2D eigenvalue weighted by Crippen LogP contribution is -2.28. The summed E-state index contributed by atoms with van der Waals surface area (Å²) < 4.78 is 0. The molecule has 2 atom stereocenters. The van der Waals surface area contributed by atoms with E-state index in [0.29, 0.717) is 6.04 Å². The van der Waals surface area contributed by atoms with E-state index < -0.39 is 0 Å². The van der Waals surface area contributed by atoms with E-state index in [0.717, 1.165) is 18.8 Å². The van der Waals surface area contributed by atoms with Gasteiger partial charge in [0.1, 0.15) is 0 Å². The number of rotatable bonds is 5. The van der Waals surface area contributed by atoms with Crippen LogP contribution < -0.4 is 5.73 Å². The van der Waals surface area contributed by atoms with Gasteiger partial charge in [0.2, 0.25) is 0 Å². The maximum Gasteiger partial charge on any atom is 0.0930 e. The first kappa shape index (κ1) is 14.0. The monoisotopic (exact) mass is 267 g/mol. The SMILES string of the molecule is CC(N)Cc1cnc(CC2CCN(C(C)C)C2)s1. The molecule has 0 spiro atoms. The van der Waals surface area contributed by atoms with Crippen molar-refractivity contribution < 1.29 is 0 Å². The Labute approximate surface area is 114 Å². The molecule has 18 heavy (non-hydrogen) atoms. The summed E-state index contributed by atoms with van der Waals surface area (Å²) in [6.07, 6.45) is 5.44. The lowest BCUT2D eigenvalue weighted by atomic mass is 10.1. The Morgan fingerprint density at radius 2 is 2.28 bits per heavy atom. The molecular weight excluding hydrogens is 242 g/mol. The molecule has 2 rings (SSSR count).